The summed E-state index contributed by atoms with van der Waals surface area (Å²) in [4.78, 5) is 15.8. The molecule has 2 aliphatic heterocycles. The molecule has 1 unspecified atom stereocenters. The molecule has 2 heterocycles. The smallest absolute Gasteiger partial charge is 0.410 e. The van der Waals surface area contributed by atoms with Gasteiger partial charge >= 0.3 is 6.09 Å². The minimum Gasteiger partial charge on any atom is -0.440 e. The number of nitrogens with one attached hydrogen (secondary N) is 1. The number of carbonyl (C=O) groups is 1. The maximum absolute atomic E-state index is 11.8. The summed E-state index contributed by atoms with van der Waals surface area (Å²) in [6, 6.07) is 0. The normalized spacial score (nSPS) is 29.1. The van der Waals surface area contributed by atoms with Crippen LogP contribution in [0.1, 0.15) is 19.3 Å². The first kappa shape index (κ1) is 12.6. The summed E-state index contributed by atoms with van der Waals surface area (Å²) in [5, 5.41) is 3.32. The van der Waals surface area contributed by atoms with E-state index in [0.717, 1.165) is 52.0 Å². The second-order valence-electron chi connectivity index (χ2n) is 5.41. The van der Waals surface area contributed by atoms with Crippen LogP contribution in [0.2, 0.25) is 0 Å². The molecular formula is C12H23N3O2. The Morgan fingerprint density at radius 1 is 1.53 bits per heavy atom. The van der Waals surface area contributed by atoms with Crippen LogP contribution in [0.5, 0.6) is 0 Å². The third-order valence-corrected chi connectivity index (χ3v) is 3.51. The minimum atomic E-state index is -0.243. The van der Waals surface area contributed by atoms with E-state index in [-0.39, 0.29) is 11.7 Å². The highest BCUT2D eigenvalue weighted by Crippen LogP contribution is 2.29. The lowest BCUT2D eigenvalue weighted by Crippen LogP contribution is -2.48. The van der Waals surface area contributed by atoms with Gasteiger partial charge in [0, 0.05) is 13.1 Å². The molecule has 1 amide bonds. The van der Waals surface area contributed by atoms with Crippen molar-refractivity contribution < 1.29 is 9.53 Å². The third-order valence-electron chi connectivity index (χ3n) is 3.51. The molecule has 0 aliphatic carbocycles. The van der Waals surface area contributed by atoms with E-state index in [2.05, 4.69) is 24.3 Å². The molecule has 2 fully saturated rings. The molecule has 17 heavy (non-hydrogen) atoms. The number of ether oxygens (including phenoxy) is 1. The van der Waals surface area contributed by atoms with Crippen LogP contribution in [0.3, 0.4) is 0 Å². The standard InChI is InChI=1S/C12H23N3O2/c1-14(2)7-4-8-15-10-12(17-11(15)16)5-3-6-13-9-12/h13H,3-10H2,1-2H3. The molecule has 1 atom stereocenters. The number of amides is 1. The summed E-state index contributed by atoms with van der Waals surface area (Å²) in [6.45, 7) is 4.42. The summed E-state index contributed by atoms with van der Waals surface area (Å²) in [6.07, 6.45) is 2.97. The fraction of sp³-hybridized carbons (Fsp3) is 0.917. The fourth-order valence-electron chi connectivity index (χ4n) is 2.60. The van der Waals surface area contributed by atoms with Crippen molar-refractivity contribution in [3.8, 4) is 0 Å². The zero-order chi connectivity index (χ0) is 12.3. The predicted octanol–water partition coefficient (Wildman–Crippen LogP) is 0.513. The summed E-state index contributed by atoms with van der Waals surface area (Å²) >= 11 is 0. The van der Waals surface area contributed by atoms with E-state index in [0.29, 0.717) is 0 Å². The Bertz CT molecular complexity index is 275. The summed E-state index contributed by atoms with van der Waals surface area (Å²) in [7, 11) is 4.10. The number of nitrogens with zero attached hydrogens (tertiary/aromatic N) is 2. The Hall–Kier alpha value is -0.810. The molecule has 1 N–H and O–H groups in total. The van der Waals surface area contributed by atoms with Crippen molar-refractivity contribution >= 4 is 6.09 Å². The van der Waals surface area contributed by atoms with Crippen molar-refractivity contribution in [1.82, 2.24) is 15.1 Å². The van der Waals surface area contributed by atoms with Crippen LogP contribution in [0.4, 0.5) is 4.79 Å². The van der Waals surface area contributed by atoms with Crippen LogP contribution in [0, 0.1) is 0 Å². The van der Waals surface area contributed by atoms with Gasteiger partial charge in [-0.05, 0) is 46.4 Å². The minimum absolute atomic E-state index is 0.132. The molecule has 0 radical (unpaired) electrons. The molecule has 2 saturated heterocycles. The molecule has 1 spiro atoms. The zero-order valence-electron chi connectivity index (χ0n) is 10.9. The third kappa shape index (κ3) is 3.10. The van der Waals surface area contributed by atoms with Crippen LogP contribution in [0.25, 0.3) is 0 Å². The van der Waals surface area contributed by atoms with E-state index in [4.69, 9.17) is 4.74 Å². The van der Waals surface area contributed by atoms with E-state index >= 15 is 0 Å². The van der Waals surface area contributed by atoms with Gasteiger partial charge in [0.25, 0.3) is 0 Å². The summed E-state index contributed by atoms with van der Waals surface area (Å²) in [5.74, 6) is 0. The van der Waals surface area contributed by atoms with Crippen molar-refractivity contribution in [3.63, 3.8) is 0 Å². The lowest BCUT2D eigenvalue weighted by molar-refractivity contribution is 0.0366. The molecule has 2 rings (SSSR count). The van der Waals surface area contributed by atoms with Crippen molar-refractivity contribution in [1.29, 1.82) is 0 Å². The van der Waals surface area contributed by atoms with Gasteiger partial charge in [-0.25, -0.2) is 4.79 Å². The Morgan fingerprint density at radius 3 is 3.00 bits per heavy atom. The largest absolute Gasteiger partial charge is 0.440 e. The number of carbonyl (C=O) groups excluding carboxylic acids is 1. The van der Waals surface area contributed by atoms with E-state index in [9.17, 15) is 4.79 Å². The van der Waals surface area contributed by atoms with Gasteiger partial charge in [0.05, 0.1) is 6.54 Å². The van der Waals surface area contributed by atoms with Crippen molar-refractivity contribution in [2.45, 2.75) is 24.9 Å². The van der Waals surface area contributed by atoms with Gasteiger partial charge in [-0.1, -0.05) is 0 Å². The van der Waals surface area contributed by atoms with Gasteiger partial charge in [-0.3, -0.25) is 0 Å². The van der Waals surface area contributed by atoms with Crippen LogP contribution >= 0.6 is 0 Å². The molecule has 98 valence electrons. The first-order valence-corrected chi connectivity index (χ1v) is 6.45. The first-order valence-electron chi connectivity index (χ1n) is 6.45. The van der Waals surface area contributed by atoms with Gasteiger partial charge in [0.2, 0.25) is 0 Å². The van der Waals surface area contributed by atoms with E-state index in [1.807, 2.05) is 4.90 Å². The zero-order valence-corrected chi connectivity index (χ0v) is 10.9. The Morgan fingerprint density at radius 2 is 2.35 bits per heavy atom. The quantitative estimate of drug-likeness (QED) is 0.779. The van der Waals surface area contributed by atoms with E-state index in [1.54, 1.807) is 0 Å². The van der Waals surface area contributed by atoms with Gasteiger partial charge < -0.3 is 19.9 Å². The number of hydrogen-bond donors (Lipinski definition) is 1. The van der Waals surface area contributed by atoms with Gasteiger partial charge in [0.15, 0.2) is 0 Å². The molecule has 0 saturated carbocycles. The van der Waals surface area contributed by atoms with Crippen LogP contribution in [-0.2, 0) is 4.74 Å². The van der Waals surface area contributed by atoms with E-state index in [1.165, 1.54) is 0 Å². The maximum atomic E-state index is 11.8. The fourth-order valence-corrected chi connectivity index (χ4v) is 2.60. The van der Waals surface area contributed by atoms with Gasteiger partial charge in [-0.15, -0.1) is 0 Å². The van der Waals surface area contributed by atoms with Gasteiger partial charge in [0.1, 0.15) is 5.60 Å². The van der Waals surface area contributed by atoms with Crippen molar-refractivity contribution in [2.75, 3.05) is 46.8 Å². The second-order valence-corrected chi connectivity index (χ2v) is 5.41. The Balaban J connectivity index is 1.82. The highest BCUT2D eigenvalue weighted by atomic mass is 16.6. The molecule has 5 heteroatoms. The topological polar surface area (TPSA) is 44.8 Å². The molecule has 5 nitrogen and oxygen atoms in total. The monoisotopic (exact) mass is 241 g/mol. The van der Waals surface area contributed by atoms with Crippen molar-refractivity contribution in [3.05, 3.63) is 0 Å². The van der Waals surface area contributed by atoms with Crippen LogP contribution in [0.15, 0.2) is 0 Å². The molecule has 0 aromatic rings. The van der Waals surface area contributed by atoms with Gasteiger partial charge in [-0.2, -0.15) is 0 Å². The summed E-state index contributed by atoms with van der Waals surface area (Å²) < 4.78 is 5.57. The Kier molecular flexibility index (Phi) is 3.89. The highest BCUT2D eigenvalue weighted by Gasteiger charge is 2.45. The number of rotatable bonds is 4. The molecule has 2 aliphatic rings. The van der Waals surface area contributed by atoms with Crippen LogP contribution in [-0.4, -0.2) is 68.3 Å². The summed E-state index contributed by atoms with van der Waals surface area (Å²) in [5.41, 5.74) is -0.243. The average molecular weight is 241 g/mol. The maximum Gasteiger partial charge on any atom is 0.410 e. The first-order chi connectivity index (χ1) is 8.11. The second kappa shape index (κ2) is 5.23. The van der Waals surface area contributed by atoms with Crippen LogP contribution < -0.4 is 5.32 Å². The number of hydrogen-bond acceptors (Lipinski definition) is 4. The molecule has 0 bridgehead atoms. The number of piperidine rings is 1. The average Bonchev–Trinajstić information content (AvgIpc) is 2.56. The highest BCUT2D eigenvalue weighted by molar-refractivity contribution is 5.70. The van der Waals surface area contributed by atoms with E-state index < -0.39 is 0 Å². The lowest BCUT2D eigenvalue weighted by atomic mass is 9.94. The predicted molar refractivity (Wildman–Crippen MR) is 66.1 cm³/mol. The molecule has 0 aromatic heterocycles. The Labute approximate surface area is 103 Å². The SMILES string of the molecule is CN(C)CCCN1CC2(CCCNC2)OC1=O. The van der Waals surface area contributed by atoms with Crippen molar-refractivity contribution in [2.24, 2.45) is 0 Å². The molecule has 0 aromatic carbocycles. The molecular weight excluding hydrogens is 218 g/mol. The lowest BCUT2D eigenvalue weighted by Gasteiger charge is -2.31.